The van der Waals surface area contributed by atoms with Crippen LogP contribution < -0.4 is 4.90 Å². The summed E-state index contributed by atoms with van der Waals surface area (Å²) in [6.45, 7) is 1.68. The van der Waals surface area contributed by atoms with Gasteiger partial charge in [0.25, 0.3) is 0 Å². The Labute approximate surface area is 117 Å². The first-order valence-corrected chi connectivity index (χ1v) is 6.46. The highest BCUT2D eigenvalue weighted by atomic mass is 35.5. The second-order valence-electron chi connectivity index (χ2n) is 4.47. The van der Waals surface area contributed by atoms with Crippen LogP contribution in [-0.4, -0.2) is 37.4 Å². The van der Waals surface area contributed by atoms with E-state index in [1.165, 1.54) is 0 Å². The van der Waals surface area contributed by atoms with E-state index in [1.807, 2.05) is 12.1 Å². The molecule has 1 aromatic rings. The minimum atomic E-state index is -0.961. The largest absolute Gasteiger partial charge is 0.478 e. The molecular weight excluding hydrogens is 266 g/mol. The zero-order valence-corrected chi connectivity index (χ0v) is 11.4. The molecule has 0 spiro atoms. The van der Waals surface area contributed by atoms with Gasteiger partial charge in [-0.25, -0.2) is 4.79 Å². The molecule has 1 aliphatic heterocycles. The second-order valence-corrected chi connectivity index (χ2v) is 4.90. The van der Waals surface area contributed by atoms with Crippen molar-refractivity contribution in [1.82, 2.24) is 0 Å². The van der Waals surface area contributed by atoms with Gasteiger partial charge in [-0.2, -0.15) is 0 Å². The van der Waals surface area contributed by atoms with Gasteiger partial charge in [-0.15, -0.1) is 0 Å². The Hall–Kier alpha value is -1.52. The van der Waals surface area contributed by atoms with E-state index in [9.17, 15) is 4.79 Å². The number of ether oxygens (including phenoxy) is 1. The maximum atomic E-state index is 10.6. The van der Waals surface area contributed by atoms with E-state index in [2.05, 4.69) is 4.90 Å². The van der Waals surface area contributed by atoms with Crippen molar-refractivity contribution in [2.24, 2.45) is 0 Å². The van der Waals surface area contributed by atoms with Crippen LogP contribution in [0.25, 0.3) is 6.08 Å². The molecule has 1 fully saturated rings. The van der Waals surface area contributed by atoms with Crippen LogP contribution in [0.15, 0.2) is 24.3 Å². The predicted molar refractivity (Wildman–Crippen MR) is 75.7 cm³/mol. The van der Waals surface area contributed by atoms with Crippen LogP contribution >= 0.6 is 11.6 Å². The first-order valence-electron chi connectivity index (χ1n) is 6.08. The van der Waals surface area contributed by atoms with E-state index in [0.717, 1.165) is 36.8 Å². The average Bonchev–Trinajstić information content (AvgIpc) is 2.85. The van der Waals surface area contributed by atoms with Gasteiger partial charge in [0.2, 0.25) is 0 Å². The van der Waals surface area contributed by atoms with E-state index >= 15 is 0 Å². The summed E-state index contributed by atoms with van der Waals surface area (Å²) in [5, 5.41) is 9.36. The summed E-state index contributed by atoms with van der Waals surface area (Å²) in [5.41, 5.74) is 1.80. The third-order valence-corrected chi connectivity index (χ3v) is 3.45. The molecule has 0 aliphatic carbocycles. The lowest BCUT2D eigenvalue weighted by molar-refractivity contribution is -0.131. The van der Waals surface area contributed by atoms with Crippen molar-refractivity contribution in [3.8, 4) is 0 Å². The Bertz CT molecular complexity index is 501. The molecule has 0 radical (unpaired) electrons. The van der Waals surface area contributed by atoms with Crippen molar-refractivity contribution in [1.29, 1.82) is 0 Å². The quantitative estimate of drug-likeness (QED) is 0.862. The minimum Gasteiger partial charge on any atom is -0.478 e. The first-order chi connectivity index (χ1) is 9.10. The molecule has 1 aliphatic rings. The van der Waals surface area contributed by atoms with E-state index in [-0.39, 0.29) is 6.10 Å². The van der Waals surface area contributed by atoms with Gasteiger partial charge in [0.15, 0.2) is 0 Å². The molecule has 0 saturated carbocycles. The Balaban J connectivity index is 2.27. The Morgan fingerprint density at radius 3 is 3.00 bits per heavy atom. The number of methoxy groups -OCH3 is 1. The fraction of sp³-hybridized carbons (Fsp3) is 0.357. The molecule has 4 nitrogen and oxygen atoms in total. The zero-order valence-electron chi connectivity index (χ0n) is 10.7. The summed E-state index contributed by atoms with van der Waals surface area (Å²) < 4.78 is 5.34. The van der Waals surface area contributed by atoms with Crippen molar-refractivity contribution in [3.05, 3.63) is 34.9 Å². The van der Waals surface area contributed by atoms with E-state index < -0.39 is 5.97 Å². The summed E-state index contributed by atoms with van der Waals surface area (Å²) in [6.07, 6.45) is 3.91. The van der Waals surface area contributed by atoms with Crippen molar-refractivity contribution in [3.63, 3.8) is 0 Å². The number of nitrogens with zero attached hydrogens (tertiary/aromatic N) is 1. The van der Waals surface area contributed by atoms with Crippen LogP contribution in [0.5, 0.6) is 0 Å². The number of anilines is 1. The lowest BCUT2D eigenvalue weighted by atomic mass is 10.1. The lowest BCUT2D eigenvalue weighted by Gasteiger charge is -2.21. The molecule has 2 rings (SSSR count). The van der Waals surface area contributed by atoms with Gasteiger partial charge in [0.1, 0.15) is 0 Å². The monoisotopic (exact) mass is 281 g/mol. The van der Waals surface area contributed by atoms with Crippen LogP contribution in [0, 0.1) is 0 Å². The highest BCUT2D eigenvalue weighted by Crippen LogP contribution is 2.29. The fourth-order valence-electron chi connectivity index (χ4n) is 2.23. The van der Waals surface area contributed by atoms with Crippen molar-refractivity contribution >= 4 is 29.3 Å². The highest BCUT2D eigenvalue weighted by molar-refractivity contribution is 6.31. The number of halogens is 1. The van der Waals surface area contributed by atoms with Gasteiger partial charge in [-0.3, -0.25) is 0 Å². The molecule has 1 N–H and O–H groups in total. The Morgan fingerprint density at radius 1 is 1.58 bits per heavy atom. The Kier molecular flexibility index (Phi) is 4.45. The van der Waals surface area contributed by atoms with Crippen molar-refractivity contribution in [2.45, 2.75) is 12.5 Å². The molecule has 1 aromatic carbocycles. The lowest BCUT2D eigenvalue weighted by Crippen LogP contribution is -2.22. The molecule has 19 heavy (non-hydrogen) atoms. The maximum Gasteiger partial charge on any atom is 0.328 e. The normalized spacial score (nSPS) is 19.3. The molecule has 0 aromatic heterocycles. The molecule has 1 heterocycles. The van der Waals surface area contributed by atoms with Crippen LogP contribution in [0.4, 0.5) is 5.69 Å². The first kappa shape index (κ1) is 13.9. The van der Waals surface area contributed by atoms with Crippen molar-refractivity contribution < 1.29 is 14.6 Å². The van der Waals surface area contributed by atoms with E-state index in [4.69, 9.17) is 21.4 Å². The highest BCUT2D eigenvalue weighted by Gasteiger charge is 2.23. The van der Waals surface area contributed by atoms with Gasteiger partial charge in [-0.05, 0) is 30.2 Å². The summed E-state index contributed by atoms with van der Waals surface area (Å²) in [4.78, 5) is 12.8. The smallest absolute Gasteiger partial charge is 0.328 e. The third kappa shape index (κ3) is 3.49. The standard InChI is InChI=1S/C14H16ClNO3/c1-19-12-6-7-16(9-12)13-8-11(15)4-2-10(13)3-5-14(17)18/h2-5,8,12H,6-7,9H2,1H3,(H,17,18)/b5-3+. The van der Waals surface area contributed by atoms with E-state index in [1.54, 1.807) is 19.3 Å². The molecule has 102 valence electrons. The number of aliphatic carboxylic acids is 1. The number of benzene rings is 1. The number of rotatable bonds is 4. The molecule has 5 heteroatoms. The van der Waals surface area contributed by atoms with E-state index in [0.29, 0.717) is 5.02 Å². The SMILES string of the molecule is COC1CCN(c2cc(Cl)ccc2/C=C/C(=O)O)C1. The summed E-state index contributed by atoms with van der Waals surface area (Å²) >= 11 is 6.03. The summed E-state index contributed by atoms with van der Waals surface area (Å²) in [5.74, 6) is -0.961. The van der Waals surface area contributed by atoms with Gasteiger partial charge < -0.3 is 14.7 Å². The molecule has 1 unspecified atom stereocenters. The van der Waals surface area contributed by atoms with Crippen LogP contribution in [0.3, 0.4) is 0 Å². The van der Waals surface area contributed by atoms with Crippen LogP contribution in [-0.2, 0) is 9.53 Å². The molecule has 1 atom stereocenters. The maximum absolute atomic E-state index is 10.6. The number of hydrogen-bond donors (Lipinski definition) is 1. The molecule has 1 saturated heterocycles. The average molecular weight is 282 g/mol. The summed E-state index contributed by atoms with van der Waals surface area (Å²) in [6, 6.07) is 5.45. The van der Waals surface area contributed by atoms with Gasteiger partial charge in [0, 0.05) is 37.0 Å². The minimum absolute atomic E-state index is 0.218. The molecule has 0 amide bonds. The van der Waals surface area contributed by atoms with Gasteiger partial charge >= 0.3 is 5.97 Å². The summed E-state index contributed by atoms with van der Waals surface area (Å²) in [7, 11) is 1.71. The second kappa shape index (κ2) is 6.08. The van der Waals surface area contributed by atoms with Crippen LogP contribution in [0.2, 0.25) is 5.02 Å². The number of carbonyl (C=O) groups is 1. The fourth-order valence-corrected chi connectivity index (χ4v) is 2.40. The number of hydrogen-bond acceptors (Lipinski definition) is 3. The zero-order chi connectivity index (χ0) is 13.8. The predicted octanol–water partition coefficient (Wildman–Crippen LogP) is 2.66. The number of carboxylic acid groups (broad SMARTS) is 1. The number of carboxylic acids is 1. The molecule has 0 bridgehead atoms. The third-order valence-electron chi connectivity index (χ3n) is 3.22. The van der Waals surface area contributed by atoms with Gasteiger partial charge in [0.05, 0.1) is 6.10 Å². The Morgan fingerprint density at radius 2 is 2.37 bits per heavy atom. The van der Waals surface area contributed by atoms with Gasteiger partial charge in [-0.1, -0.05) is 17.7 Å². The van der Waals surface area contributed by atoms with Crippen molar-refractivity contribution in [2.75, 3.05) is 25.1 Å². The van der Waals surface area contributed by atoms with Crippen LogP contribution in [0.1, 0.15) is 12.0 Å². The molecular formula is C14H16ClNO3. The topological polar surface area (TPSA) is 49.8 Å².